The molecule has 0 N–H and O–H groups in total. The van der Waals surface area contributed by atoms with Crippen molar-refractivity contribution < 1.29 is 23.9 Å². The average Bonchev–Trinajstić information content (AvgIpc) is 2.97. The zero-order valence-corrected chi connectivity index (χ0v) is 15.6. The molecule has 1 aromatic rings. The van der Waals surface area contributed by atoms with E-state index in [2.05, 4.69) is 4.57 Å². The first-order chi connectivity index (χ1) is 11.9. The number of nitrogens with zero attached hydrogens (tertiary/aromatic N) is 2. The summed E-state index contributed by atoms with van der Waals surface area (Å²) in [4.78, 5) is 37.2. The maximum Gasteiger partial charge on any atom is 0.326 e. The van der Waals surface area contributed by atoms with Gasteiger partial charge in [-0.2, -0.15) is 0 Å². The first-order valence-electron chi connectivity index (χ1n) is 7.95. The molecular formula is C17H22N2O5S. The van der Waals surface area contributed by atoms with Crippen LogP contribution in [0.5, 0.6) is 0 Å². The number of methoxy groups -OCH3 is 1. The van der Waals surface area contributed by atoms with E-state index in [1.54, 1.807) is 20.1 Å². The van der Waals surface area contributed by atoms with Crippen molar-refractivity contribution in [2.24, 2.45) is 0 Å². The number of carbonyl (C=O) groups is 3. The molecule has 8 heteroatoms. The maximum atomic E-state index is 12.4. The zero-order valence-electron chi connectivity index (χ0n) is 14.8. The van der Waals surface area contributed by atoms with Crippen LogP contribution in [0.4, 0.5) is 4.79 Å². The molecule has 0 aromatic carbocycles. The molecule has 1 saturated heterocycles. The SMILES string of the molecule is CCOC(=O)CN1C(=O)S/C(=C/c2cc(C)n(CCOC)c2C)C1=O. The molecule has 0 saturated carbocycles. The summed E-state index contributed by atoms with van der Waals surface area (Å²) in [5.41, 5.74) is 2.91. The number of rotatable bonds is 7. The number of ether oxygens (including phenoxy) is 2. The van der Waals surface area contributed by atoms with Gasteiger partial charge in [-0.3, -0.25) is 19.3 Å². The lowest BCUT2D eigenvalue weighted by Gasteiger charge is -2.10. The third-order valence-electron chi connectivity index (χ3n) is 3.88. The van der Waals surface area contributed by atoms with Gasteiger partial charge in [-0.15, -0.1) is 0 Å². The van der Waals surface area contributed by atoms with Gasteiger partial charge < -0.3 is 14.0 Å². The first kappa shape index (κ1) is 19.3. The number of esters is 1. The predicted octanol–water partition coefficient (Wildman–Crippen LogP) is 2.35. The van der Waals surface area contributed by atoms with Crippen LogP contribution >= 0.6 is 11.8 Å². The molecular weight excluding hydrogens is 344 g/mol. The van der Waals surface area contributed by atoms with E-state index in [1.165, 1.54) is 0 Å². The molecule has 2 amide bonds. The Bertz CT molecular complexity index is 723. The van der Waals surface area contributed by atoms with Crippen molar-refractivity contribution in [3.05, 3.63) is 27.9 Å². The third kappa shape index (κ3) is 4.32. The highest BCUT2D eigenvalue weighted by atomic mass is 32.2. The number of carbonyl (C=O) groups excluding carboxylic acids is 3. The molecule has 0 unspecified atom stereocenters. The molecule has 136 valence electrons. The van der Waals surface area contributed by atoms with E-state index in [-0.39, 0.29) is 13.2 Å². The zero-order chi connectivity index (χ0) is 18.6. The van der Waals surface area contributed by atoms with Gasteiger partial charge >= 0.3 is 5.97 Å². The second kappa shape index (κ2) is 8.35. The van der Waals surface area contributed by atoms with Crippen LogP contribution in [-0.4, -0.2) is 53.5 Å². The molecule has 0 radical (unpaired) electrons. The van der Waals surface area contributed by atoms with Crippen LogP contribution < -0.4 is 0 Å². The van der Waals surface area contributed by atoms with Crippen molar-refractivity contribution >= 4 is 35.0 Å². The van der Waals surface area contributed by atoms with Gasteiger partial charge in [-0.05, 0) is 50.2 Å². The van der Waals surface area contributed by atoms with E-state index < -0.39 is 17.1 Å². The van der Waals surface area contributed by atoms with Gasteiger partial charge in [0.05, 0.1) is 18.1 Å². The molecule has 2 rings (SSSR count). The monoisotopic (exact) mass is 366 g/mol. The third-order valence-corrected chi connectivity index (χ3v) is 4.79. The van der Waals surface area contributed by atoms with Gasteiger partial charge in [0.1, 0.15) is 6.54 Å². The van der Waals surface area contributed by atoms with Crippen LogP contribution in [-0.2, 0) is 25.6 Å². The Hall–Kier alpha value is -2.06. The summed E-state index contributed by atoms with van der Waals surface area (Å²) in [5.74, 6) is -1.06. The second-order valence-electron chi connectivity index (χ2n) is 5.54. The number of aromatic nitrogens is 1. The highest BCUT2D eigenvalue weighted by Gasteiger charge is 2.36. The minimum atomic E-state index is -0.594. The minimum absolute atomic E-state index is 0.207. The lowest BCUT2D eigenvalue weighted by molar-refractivity contribution is -0.145. The first-order valence-corrected chi connectivity index (χ1v) is 8.77. The molecule has 1 aromatic heterocycles. The highest BCUT2D eigenvalue weighted by molar-refractivity contribution is 8.18. The highest BCUT2D eigenvalue weighted by Crippen LogP contribution is 2.33. The summed E-state index contributed by atoms with van der Waals surface area (Å²) < 4.78 is 12.0. The topological polar surface area (TPSA) is 77.8 Å². The number of hydrogen-bond donors (Lipinski definition) is 0. The second-order valence-corrected chi connectivity index (χ2v) is 6.54. The lowest BCUT2D eigenvalue weighted by atomic mass is 10.2. The summed E-state index contributed by atoms with van der Waals surface area (Å²) in [5, 5.41) is -0.461. The van der Waals surface area contributed by atoms with Crippen molar-refractivity contribution in [3.8, 4) is 0 Å². The average molecular weight is 366 g/mol. The molecule has 1 aliphatic rings. The van der Waals surface area contributed by atoms with E-state index in [9.17, 15) is 14.4 Å². The van der Waals surface area contributed by atoms with Crippen molar-refractivity contribution in [3.63, 3.8) is 0 Å². The molecule has 0 atom stereocenters. The van der Waals surface area contributed by atoms with Gasteiger partial charge in [-0.1, -0.05) is 0 Å². The summed E-state index contributed by atoms with van der Waals surface area (Å²) >= 11 is 0.835. The predicted molar refractivity (Wildman–Crippen MR) is 95.1 cm³/mol. The fourth-order valence-corrected chi connectivity index (χ4v) is 3.44. The standard InChI is InChI=1S/C17H22N2O5S/c1-5-24-15(20)10-19-16(21)14(25-17(19)22)9-13-8-11(2)18(12(13)3)6-7-23-4/h8-9H,5-7,10H2,1-4H3/b14-9+. The van der Waals surface area contributed by atoms with Crippen LogP contribution in [0.1, 0.15) is 23.9 Å². The number of amides is 2. The van der Waals surface area contributed by atoms with E-state index in [4.69, 9.17) is 9.47 Å². The van der Waals surface area contributed by atoms with Crippen molar-refractivity contribution in [2.75, 3.05) is 26.9 Å². The normalized spacial score (nSPS) is 16.2. The number of thioether (sulfide) groups is 1. The molecule has 25 heavy (non-hydrogen) atoms. The fraction of sp³-hybridized carbons (Fsp3) is 0.471. The molecule has 0 aliphatic carbocycles. The van der Waals surface area contributed by atoms with E-state index in [0.717, 1.165) is 33.6 Å². The van der Waals surface area contributed by atoms with Crippen LogP contribution in [0.2, 0.25) is 0 Å². The van der Waals surface area contributed by atoms with Crippen LogP contribution in [0.15, 0.2) is 11.0 Å². The summed E-state index contributed by atoms with van der Waals surface area (Å²) in [6.07, 6.45) is 1.70. The Morgan fingerprint density at radius 2 is 2.04 bits per heavy atom. The summed E-state index contributed by atoms with van der Waals surface area (Å²) in [6.45, 7) is 6.76. The van der Waals surface area contributed by atoms with Crippen LogP contribution in [0.3, 0.4) is 0 Å². The van der Waals surface area contributed by atoms with E-state index >= 15 is 0 Å². The van der Waals surface area contributed by atoms with Crippen molar-refractivity contribution in [1.29, 1.82) is 0 Å². The van der Waals surface area contributed by atoms with Gasteiger partial charge in [0, 0.05) is 25.0 Å². The molecule has 1 fully saturated rings. The Morgan fingerprint density at radius 3 is 2.68 bits per heavy atom. The van der Waals surface area contributed by atoms with Gasteiger partial charge in [0.2, 0.25) is 0 Å². The quantitative estimate of drug-likeness (QED) is 0.544. The Balaban J connectivity index is 2.20. The number of hydrogen-bond acceptors (Lipinski definition) is 6. The van der Waals surface area contributed by atoms with E-state index in [0.29, 0.717) is 18.1 Å². The van der Waals surface area contributed by atoms with Crippen LogP contribution in [0, 0.1) is 13.8 Å². The minimum Gasteiger partial charge on any atom is -0.465 e. The summed E-state index contributed by atoms with van der Waals surface area (Å²) in [7, 11) is 1.65. The van der Waals surface area contributed by atoms with E-state index in [1.807, 2.05) is 19.9 Å². The largest absolute Gasteiger partial charge is 0.465 e. The smallest absolute Gasteiger partial charge is 0.326 e. The molecule has 0 spiro atoms. The van der Waals surface area contributed by atoms with Gasteiger partial charge in [0.25, 0.3) is 11.1 Å². The summed E-state index contributed by atoms with van der Waals surface area (Å²) in [6, 6.07) is 1.96. The van der Waals surface area contributed by atoms with Crippen molar-refractivity contribution in [2.45, 2.75) is 27.3 Å². The maximum absolute atomic E-state index is 12.4. The van der Waals surface area contributed by atoms with Crippen molar-refractivity contribution in [1.82, 2.24) is 9.47 Å². The number of imide groups is 1. The molecule has 1 aliphatic heterocycles. The number of aryl methyl sites for hydroxylation is 1. The van der Waals surface area contributed by atoms with Gasteiger partial charge in [0.15, 0.2) is 0 Å². The Morgan fingerprint density at radius 1 is 1.32 bits per heavy atom. The Kier molecular flexibility index (Phi) is 6.44. The lowest BCUT2D eigenvalue weighted by Crippen LogP contribution is -2.34. The fourth-order valence-electron chi connectivity index (χ4n) is 2.61. The van der Waals surface area contributed by atoms with Crippen LogP contribution in [0.25, 0.3) is 6.08 Å². The Labute approximate surface area is 150 Å². The molecule has 0 bridgehead atoms. The molecule has 7 nitrogen and oxygen atoms in total. The van der Waals surface area contributed by atoms with Gasteiger partial charge in [-0.25, -0.2) is 0 Å². The molecule has 2 heterocycles.